The molecule has 1 aliphatic rings. The number of piperidine rings is 1. The summed E-state index contributed by atoms with van der Waals surface area (Å²) in [7, 11) is 0. The second-order valence-electron chi connectivity index (χ2n) is 6.65. The molecule has 0 radical (unpaired) electrons. The molecule has 0 bridgehead atoms. The molecule has 3 heterocycles. The summed E-state index contributed by atoms with van der Waals surface area (Å²) in [5.74, 6) is 2.59. The van der Waals surface area contributed by atoms with Crippen molar-refractivity contribution in [3.8, 4) is 0 Å². The normalized spacial score (nSPS) is 15.1. The second-order valence-corrected chi connectivity index (χ2v) is 7.03. The number of amides is 1. The van der Waals surface area contributed by atoms with Crippen LogP contribution in [-0.4, -0.2) is 44.7 Å². The van der Waals surface area contributed by atoms with Crippen molar-refractivity contribution in [2.45, 2.75) is 32.6 Å². The molecule has 0 saturated carbocycles. The molecular formula is C19H24ClN5O. The number of nitrogens with zero attached hydrogens (tertiary/aromatic N) is 4. The van der Waals surface area contributed by atoms with Crippen molar-refractivity contribution < 1.29 is 4.79 Å². The van der Waals surface area contributed by atoms with E-state index in [1.807, 2.05) is 30.2 Å². The average Bonchev–Trinajstić information content (AvgIpc) is 2.66. The summed E-state index contributed by atoms with van der Waals surface area (Å²) >= 11 is 5.65. The first-order valence-corrected chi connectivity index (χ1v) is 9.52. The van der Waals surface area contributed by atoms with E-state index in [9.17, 15) is 4.79 Å². The Labute approximate surface area is 159 Å². The zero-order valence-electron chi connectivity index (χ0n) is 15.0. The molecule has 138 valence electrons. The van der Waals surface area contributed by atoms with E-state index in [2.05, 4.69) is 20.3 Å². The molecule has 1 aliphatic heterocycles. The molecule has 2 aromatic rings. The van der Waals surface area contributed by atoms with Crippen molar-refractivity contribution in [1.82, 2.24) is 19.9 Å². The van der Waals surface area contributed by atoms with Gasteiger partial charge in [-0.1, -0.05) is 6.07 Å². The van der Waals surface area contributed by atoms with Gasteiger partial charge in [-0.25, -0.2) is 9.97 Å². The first-order chi connectivity index (χ1) is 12.7. The topological polar surface area (TPSA) is 71.0 Å². The van der Waals surface area contributed by atoms with Gasteiger partial charge in [0.15, 0.2) is 0 Å². The van der Waals surface area contributed by atoms with Crippen molar-refractivity contribution in [2.75, 3.05) is 24.3 Å². The van der Waals surface area contributed by atoms with E-state index in [1.165, 1.54) is 0 Å². The molecule has 2 aromatic heterocycles. The Bertz CT molecular complexity index is 729. The number of carbonyl (C=O) groups is 1. The Morgan fingerprint density at radius 2 is 2.08 bits per heavy atom. The number of rotatable bonds is 6. The molecular weight excluding hydrogens is 350 g/mol. The van der Waals surface area contributed by atoms with Crippen molar-refractivity contribution in [3.05, 3.63) is 42.0 Å². The van der Waals surface area contributed by atoms with E-state index in [-0.39, 0.29) is 5.91 Å². The van der Waals surface area contributed by atoms with E-state index in [1.54, 1.807) is 12.4 Å². The van der Waals surface area contributed by atoms with Crippen LogP contribution in [0.15, 0.2) is 30.7 Å². The second kappa shape index (κ2) is 8.94. The molecule has 7 heteroatoms. The maximum absolute atomic E-state index is 11.9. The number of hydrogen-bond donors (Lipinski definition) is 1. The Balaban J connectivity index is 1.51. The minimum Gasteiger partial charge on any atom is -0.343 e. The molecule has 1 fully saturated rings. The van der Waals surface area contributed by atoms with Crippen molar-refractivity contribution >= 4 is 29.1 Å². The maximum atomic E-state index is 11.9. The van der Waals surface area contributed by atoms with Gasteiger partial charge in [-0.05, 0) is 43.7 Å². The Hall–Kier alpha value is -2.21. The summed E-state index contributed by atoms with van der Waals surface area (Å²) in [4.78, 5) is 27.1. The first kappa shape index (κ1) is 18.6. The predicted octanol–water partition coefficient (Wildman–Crippen LogP) is 3.33. The van der Waals surface area contributed by atoms with Crippen LogP contribution in [0.3, 0.4) is 0 Å². The molecule has 0 unspecified atom stereocenters. The van der Waals surface area contributed by atoms with Crippen molar-refractivity contribution in [1.29, 1.82) is 0 Å². The van der Waals surface area contributed by atoms with Crippen LogP contribution in [0.5, 0.6) is 0 Å². The average molecular weight is 374 g/mol. The van der Waals surface area contributed by atoms with Gasteiger partial charge in [-0.3, -0.25) is 9.78 Å². The fourth-order valence-electron chi connectivity index (χ4n) is 3.18. The highest BCUT2D eigenvalue weighted by molar-refractivity contribution is 6.18. The third-order valence-electron chi connectivity index (χ3n) is 4.73. The van der Waals surface area contributed by atoms with Gasteiger partial charge in [0.2, 0.25) is 5.91 Å². The van der Waals surface area contributed by atoms with Gasteiger partial charge in [0.1, 0.15) is 11.6 Å². The summed E-state index contributed by atoms with van der Waals surface area (Å²) in [6, 6.07) is 3.91. The number of aryl methyl sites for hydroxylation is 1. The molecule has 0 aliphatic carbocycles. The molecule has 1 amide bonds. The molecule has 3 rings (SSSR count). The first-order valence-electron chi connectivity index (χ1n) is 8.99. The molecule has 1 N–H and O–H groups in total. The lowest BCUT2D eigenvalue weighted by Gasteiger charge is -2.31. The highest BCUT2D eigenvalue weighted by Gasteiger charge is 2.22. The summed E-state index contributed by atoms with van der Waals surface area (Å²) in [5.41, 5.74) is 2.05. The fraction of sp³-hybridized carbons (Fsp3) is 0.474. The lowest BCUT2D eigenvalue weighted by Crippen LogP contribution is -2.39. The third-order valence-corrected chi connectivity index (χ3v) is 4.92. The standard InChI is InChI=1S/C19H24ClN5O/c1-14-3-2-8-21-19(14)24-17-13-22-16(12-23-17)11-15-5-9-25(10-6-15)18(26)4-7-20/h2-3,8,12-13,15H,4-7,9-11H2,1H3,(H,21,23,24). The van der Waals surface area contributed by atoms with Gasteiger partial charge >= 0.3 is 0 Å². The SMILES string of the molecule is Cc1cccnc1Nc1cnc(CC2CCN(C(=O)CCCl)CC2)cn1. The van der Waals surface area contributed by atoms with E-state index in [0.717, 1.165) is 49.4 Å². The number of carbonyl (C=O) groups excluding carboxylic acids is 1. The number of nitrogens with one attached hydrogen (secondary N) is 1. The van der Waals surface area contributed by atoms with Crippen molar-refractivity contribution in [3.63, 3.8) is 0 Å². The van der Waals surface area contributed by atoms with Crippen LogP contribution < -0.4 is 5.32 Å². The van der Waals surface area contributed by atoms with Gasteiger partial charge in [-0.2, -0.15) is 0 Å². The van der Waals surface area contributed by atoms with Gasteiger partial charge in [0.25, 0.3) is 0 Å². The molecule has 26 heavy (non-hydrogen) atoms. The van der Waals surface area contributed by atoms with Crippen LogP contribution in [0.25, 0.3) is 0 Å². The highest BCUT2D eigenvalue weighted by Crippen LogP contribution is 2.22. The fourth-order valence-corrected chi connectivity index (χ4v) is 3.35. The summed E-state index contributed by atoms with van der Waals surface area (Å²) in [6.45, 7) is 3.63. The number of halogens is 1. The third kappa shape index (κ3) is 4.91. The minimum absolute atomic E-state index is 0.165. The number of hydrogen-bond acceptors (Lipinski definition) is 5. The van der Waals surface area contributed by atoms with Gasteiger partial charge in [-0.15, -0.1) is 11.6 Å². The number of likely N-dealkylation sites (tertiary alicyclic amines) is 1. The lowest BCUT2D eigenvalue weighted by atomic mass is 9.92. The Morgan fingerprint density at radius 3 is 2.73 bits per heavy atom. The van der Waals surface area contributed by atoms with Crippen LogP contribution in [0.4, 0.5) is 11.6 Å². The molecule has 0 aromatic carbocycles. The molecule has 0 spiro atoms. The summed E-state index contributed by atoms with van der Waals surface area (Å²) < 4.78 is 0. The molecule has 1 saturated heterocycles. The molecule has 0 atom stereocenters. The van der Waals surface area contributed by atoms with Gasteiger partial charge in [0.05, 0.1) is 18.1 Å². The van der Waals surface area contributed by atoms with Crippen LogP contribution >= 0.6 is 11.6 Å². The maximum Gasteiger partial charge on any atom is 0.223 e. The zero-order chi connectivity index (χ0) is 18.4. The van der Waals surface area contributed by atoms with E-state index < -0.39 is 0 Å². The van der Waals surface area contributed by atoms with Crippen LogP contribution in [0, 0.1) is 12.8 Å². The smallest absolute Gasteiger partial charge is 0.223 e. The summed E-state index contributed by atoms with van der Waals surface area (Å²) in [6.07, 6.45) is 8.66. The number of aromatic nitrogens is 3. The van der Waals surface area contributed by atoms with Gasteiger partial charge in [0, 0.05) is 31.6 Å². The Kier molecular flexibility index (Phi) is 6.39. The monoisotopic (exact) mass is 373 g/mol. The van der Waals surface area contributed by atoms with E-state index in [0.29, 0.717) is 24.0 Å². The highest BCUT2D eigenvalue weighted by atomic mass is 35.5. The number of pyridine rings is 1. The zero-order valence-corrected chi connectivity index (χ0v) is 15.7. The van der Waals surface area contributed by atoms with E-state index >= 15 is 0 Å². The van der Waals surface area contributed by atoms with Crippen LogP contribution in [0.1, 0.15) is 30.5 Å². The largest absolute Gasteiger partial charge is 0.343 e. The van der Waals surface area contributed by atoms with E-state index in [4.69, 9.17) is 11.6 Å². The quantitative estimate of drug-likeness (QED) is 0.786. The Morgan fingerprint density at radius 1 is 1.27 bits per heavy atom. The lowest BCUT2D eigenvalue weighted by molar-refractivity contribution is -0.132. The van der Waals surface area contributed by atoms with Gasteiger partial charge < -0.3 is 10.2 Å². The van der Waals surface area contributed by atoms with Crippen LogP contribution in [0.2, 0.25) is 0 Å². The minimum atomic E-state index is 0.165. The predicted molar refractivity (Wildman–Crippen MR) is 103 cm³/mol. The van der Waals surface area contributed by atoms with Crippen molar-refractivity contribution in [2.24, 2.45) is 5.92 Å². The van der Waals surface area contributed by atoms with Crippen LogP contribution in [-0.2, 0) is 11.2 Å². The molecule has 6 nitrogen and oxygen atoms in total. The number of alkyl halides is 1. The summed E-state index contributed by atoms with van der Waals surface area (Å²) in [5, 5.41) is 3.19. The number of anilines is 2.